The first-order valence-electron chi connectivity index (χ1n) is 13.0. The number of alkyl carbamates (subject to hydrolysis) is 1. The van der Waals surface area contributed by atoms with Gasteiger partial charge in [0.25, 0.3) is 5.91 Å². The molecule has 11 nitrogen and oxygen atoms in total. The zero-order chi connectivity index (χ0) is 29.3. The van der Waals surface area contributed by atoms with Gasteiger partial charge < -0.3 is 41.7 Å². The van der Waals surface area contributed by atoms with E-state index >= 15 is 0 Å². The lowest BCUT2D eigenvalue weighted by atomic mass is 9.58. The van der Waals surface area contributed by atoms with Crippen molar-refractivity contribution in [2.75, 3.05) is 7.11 Å². The molecule has 4 unspecified atom stereocenters. The third-order valence-electron chi connectivity index (χ3n) is 6.73. The molecule has 2 aliphatic carbocycles. The lowest BCUT2D eigenvalue weighted by molar-refractivity contribution is -0.119. The van der Waals surface area contributed by atoms with E-state index in [4.69, 9.17) is 20.0 Å². The zero-order valence-electron chi connectivity index (χ0n) is 24.0. The molecule has 0 radical (unpaired) electrons. The van der Waals surface area contributed by atoms with Gasteiger partial charge in [-0.15, -0.1) is 0 Å². The molecule has 38 heavy (non-hydrogen) atoms. The van der Waals surface area contributed by atoms with Crippen molar-refractivity contribution >= 4 is 24.3 Å². The Morgan fingerprint density at radius 2 is 1.79 bits per heavy atom. The molecule has 2 rings (SSSR count). The maximum atomic E-state index is 13.3. The lowest BCUT2D eigenvalue weighted by Crippen LogP contribution is -2.52. The van der Waals surface area contributed by atoms with Crippen LogP contribution < -0.4 is 21.7 Å². The fraction of sp³-hybridized carbons (Fsp3) is 0.704. The summed E-state index contributed by atoms with van der Waals surface area (Å²) in [5, 5.41) is 24.1. The smallest absolute Gasteiger partial charge is 0.407 e. The van der Waals surface area contributed by atoms with Crippen LogP contribution in [0.3, 0.4) is 0 Å². The minimum atomic E-state index is -1.33. The van der Waals surface area contributed by atoms with Crippen LogP contribution in [0.25, 0.3) is 0 Å². The Balaban J connectivity index is 0.00000168. The highest BCUT2D eigenvalue weighted by Gasteiger charge is 2.44. The van der Waals surface area contributed by atoms with Crippen LogP contribution in [-0.2, 0) is 14.3 Å². The highest BCUT2D eigenvalue weighted by molar-refractivity contribution is 6.11. The number of nitrogens with two attached hydrogens (primary N) is 1. The van der Waals surface area contributed by atoms with Crippen LogP contribution in [0, 0.1) is 28.6 Å². The van der Waals surface area contributed by atoms with Gasteiger partial charge in [-0.1, -0.05) is 20.8 Å². The Kier molecular flexibility index (Phi) is 12.1. The molecule has 0 aromatic rings. The number of rotatable bonds is 9. The molecule has 4 atom stereocenters. The number of carbonyl (C=O) groups excluding carboxylic acids is 2. The molecule has 3 amide bonds. The molecule has 2 aliphatic rings. The molecule has 0 spiro atoms. The Bertz CT molecular complexity index is 906. The Morgan fingerprint density at radius 1 is 1.18 bits per heavy atom. The molecule has 11 heteroatoms. The number of fused-ring (bicyclic) bond motifs is 2. The van der Waals surface area contributed by atoms with Crippen molar-refractivity contribution in [3.8, 4) is 0 Å². The first kappa shape index (κ1) is 32.8. The minimum Gasteiger partial charge on any atom is -0.476 e. The third-order valence-corrected chi connectivity index (χ3v) is 6.73. The van der Waals surface area contributed by atoms with Gasteiger partial charge in [0.1, 0.15) is 5.57 Å². The van der Waals surface area contributed by atoms with Gasteiger partial charge in [-0.3, -0.25) is 4.79 Å². The van der Waals surface area contributed by atoms with Gasteiger partial charge in [0.05, 0.1) is 18.8 Å². The molecule has 7 N–H and O–H groups in total. The summed E-state index contributed by atoms with van der Waals surface area (Å²) >= 11 is 0. The Morgan fingerprint density at radius 3 is 2.32 bits per heavy atom. The van der Waals surface area contributed by atoms with Crippen molar-refractivity contribution in [3.05, 3.63) is 23.7 Å². The van der Waals surface area contributed by atoms with Crippen LogP contribution in [0.5, 0.6) is 0 Å². The SMILES string of the molecule is COC(=O)NC(C)(C)/C=C/N/C(OC(C)C)=C(\C=N)C(=O)NC1C(C)CC2CC1CC(C)(C)C2.NC(=O)O. The largest absolute Gasteiger partial charge is 0.476 e. The number of methoxy groups -OCH3 is 1. The number of primary amides is 1. The average Bonchev–Trinajstić information content (AvgIpc) is 2.74. The summed E-state index contributed by atoms with van der Waals surface area (Å²) in [4.78, 5) is 33.7. The molecule has 0 aromatic heterocycles. The Hall–Kier alpha value is -3.24. The number of hydrogen-bond donors (Lipinski definition) is 6. The van der Waals surface area contributed by atoms with E-state index < -0.39 is 17.7 Å². The summed E-state index contributed by atoms with van der Waals surface area (Å²) in [6.45, 7) is 14.2. The van der Waals surface area contributed by atoms with Crippen molar-refractivity contribution < 1.29 is 29.0 Å². The number of nitrogens with one attached hydrogen (secondary N) is 4. The monoisotopic (exact) mass is 537 g/mol. The van der Waals surface area contributed by atoms with Crippen LogP contribution in [0.2, 0.25) is 0 Å². The van der Waals surface area contributed by atoms with Crippen LogP contribution in [0.15, 0.2) is 23.7 Å². The predicted molar refractivity (Wildman–Crippen MR) is 146 cm³/mol. The van der Waals surface area contributed by atoms with Gasteiger partial charge in [0.15, 0.2) is 0 Å². The molecule has 0 aromatic carbocycles. The minimum absolute atomic E-state index is 0.0808. The van der Waals surface area contributed by atoms with E-state index in [0.717, 1.165) is 31.4 Å². The molecule has 2 fully saturated rings. The van der Waals surface area contributed by atoms with E-state index in [1.165, 1.54) is 13.5 Å². The van der Waals surface area contributed by atoms with E-state index in [2.05, 4.69) is 47.2 Å². The maximum absolute atomic E-state index is 13.3. The van der Waals surface area contributed by atoms with Crippen LogP contribution >= 0.6 is 0 Å². The van der Waals surface area contributed by atoms with E-state index in [-0.39, 0.29) is 29.5 Å². The topological polar surface area (TPSA) is 176 Å². The normalized spacial score (nSPS) is 24.8. The second kappa shape index (κ2) is 14.1. The van der Waals surface area contributed by atoms with E-state index in [9.17, 15) is 9.59 Å². The highest BCUT2D eigenvalue weighted by atomic mass is 16.5. The Labute approximate surface area is 226 Å². The molecular weight excluding hydrogens is 490 g/mol. The van der Waals surface area contributed by atoms with E-state index in [0.29, 0.717) is 17.3 Å². The van der Waals surface area contributed by atoms with Crippen molar-refractivity contribution in [1.29, 1.82) is 5.41 Å². The fourth-order valence-corrected chi connectivity index (χ4v) is 5.58. The summed E-state index contributed by atoms with van der Waals surface area (Å²) in [7, 11) is 1.31. The van der Waals surface area contributed by atoms with E-state index in [1.807, 2.05) is 27.7 Å². The first-order chi connectivity index (χ1) is 17.5. The number of carboxylic acid groups (broad SMARTS) is 1. The summed E-state index contributed by atoms with van der Waals surface area (Å²) in [5.74, 6) is 1.46. The van der Waals surface area contributed by atoms with Gasteiger partial charge >= 0.3 is 12.2 Å². The summed E-state index contributed by atoms with van der Waals surface area (Å²) in [6.07, 6.45) is 6.90. The second-order valence-electron chi connectivity index (χ2n) is 11.9. The number of ether oxygens (including phenoxy) is 2. The fourth-order valence-electron chi connectivity index (χ4n) is 5.58. The van der Waals surface area contributed by atoms with Crippen molar-refractivity contribution in [2.24, 2.45) is 28.9 Å². The lowest BCUT2D eigenvalue weighted by Gasteiger charge is -2.50. The van der Waals surface area contributed by atoms with Gasteiger partial charge in [-0.05, 0) is 82.6 Å². The number of amides is 3. The van der Waals surface area contributed by atoms with Gasteiger partial charge in [-0.25, -0.2) is 9.59 Å². The van der Waals surface area contributed by atoms with E-state index in [1.54, 1.807) is 12.3 Å². The molecule has 0 heterocycles. The van der Waals surface area contributed by atoms with Gasteiger partial charge in [-0.2, -0.15) is 0 Å². The third kappa shape index (κ3) is 11.0. The summed E-state index contributed by atoms with van der Waals surface area (Å²) in [6, 6.07) is 0.0808. The number of hydrogen-bond acceptors (Lipinski definition) is 7. The second-order valence-corrected chi connectivity index (χ2v) is 11.9. The molecular formula is C27H47N5O6. The maximum Gasteiger partial charge on any atom is 0.407 e. The van der Waals surface area contributed by atoms with Crippen LogP contribution in [0.1, 0.15) is 74.1 Å². The predicted octanol–water partition coefficient (Wildman–Crippen LogP) is 4.10. The number of carbonyl (C=O) groups is 3. The van der Waals surface area contributed by atoms with Gasteiger partial charge in [0.2, 0.25) is 5.88 Å². The zero-order valence-corrected chi connectivity index (χ0v) is 24.0. The molecule has 0 aliphatic heterocycles. The standard InChI is InChI=1S/C26H44N4O4.CH3NO2/c1-16(2)34-23(28-10-9-26(6,7)30-24(32)33-8)20(15-27)22(31)29-21-17(3)11-18-12-19(21)14-25(4,5)13-18;2-1(3)4/h9-10,15-19,21,27-28H,11-14H2,1-8H3,(H,29,31)(H,30,32);2H2,(H,3,4)/b10-9+,23-20-,27-15?;. The molecule has 0 saturated heterocycles. The average molecular weight is 538 g/mol. The van der Waals surface area contributed by atoms with Gasteiger partial charge in [0, 0.05) is 18.5 Å². The highest BCUT2D eigenvalue weighted by Crippen LogP contribution is 2.50. The quantitative estimate of drug-likeness (QED) is 0.146. The van der Waals surface area contributed by atoms with Crippen molar-refractivity contribution in [3.63, 3.8) is 0 Å². The first-order valence-corrected chi connectivity index (χ1v) is 13.0. The molecule has 2 bridgehead atoms. The van der Waals surface area contributed by atoms with Crippen LogP contribution in [-0.4, -0.2) is 54.2 Å². The van der Waals surface area contributed by atoms with Crippen LogP contribution in [0.4, 0.5) is 9.59 Å². The molecule has 2 saturated carbocycles. The van der Waals surface area contributed by atoms with Crippen molar-refractivity contribution in [2.45, 2.75) is 91.8 Å². The molecule has 216 valence electrons. The summed E-state index contributed by atoms with van der Waals surface area (Å²) < 4.78 is 10.5. The van der Waals surface area contributed by atoms with Crippen molar-refractivity contribution in [1.82, 2.24) is 16.0 Å². The summed E-state index contributed by atoms with van der Waals surface area (Å²) in [5.41, 5.74) is 3.76.